The fourth-order valence-corrected chi connectivity index (χ4v) is 3.95. The normalized spacial score (nSPS) is 11.7. The van der Waals surface area contributed by atoms with E-state index < -0.39 is 22.9 Å². The Morgan fingerprint density at radius 1 is 1.15 bits per heavy atom. The van der Waals surface area contributed by atoms with Crippen molar-refractivity contribution in [2.45, 2.75) is 17.8 Å². The fourth-order valence-electron chi connectivity index (χ4n) is 2.94. The van der Waals surface area contributed by atoms with Crippen LogP contribution in [0.3, 0.4) is 0 Å². The lowest BCUT2D eigenvalue weighted by atomic mass is 10.1. The van der Waals surface area contributed by atoms with Crippen molar-refractivity contribution in [1.82, 2.24) is 20.2 Å². The molecule has 4 aromatic rings. The van der Waals surface area contributed by atoms with Gasteiger partial charge in [0.1, 0.15) is 17.4 Å². The van der Waals surface area contributed by atoms with Gasteiger partial charge in [-0.25, -0.2) is 4.39 Å². The molecule has 2 aromatic heterocycles. The number of amides is 1. The topological polar surface area (TPSA) is 145 Å². The Kier molecular flexibility index (Phi) is 6.52. The van der Waals surface area contributed by atoms with E-state index in [0.29, 0.717) is 22.9 Å². The summed E-state index contributed by atoms with van der Waals surface area (Å²) >= 11 is -1.49. The van der Waals surface area contributed by atoms with Crippen molar-refractivity contribution in [2.24, 2.45) is 0 Å². The van der Waals surface area contributed by atoms with E-state index in [4.69, 9.17) is 5.73 Å². The maximum Gasteiger partial charge on any atom is 0.344 e. The lowest BCUT2D eigenvalue weighted by Gasteiger charge is -2.11. The second kappa shape index (κ2) is 9.67. The predicted molar refractivity (Wildman–Crippen MR) is 124 cm³/mol. The van der Waals surface area contributed by atoms with E-state index in [0.717, 1.165) is 17.3 Å². The first-order valence-corrected chi connectivity index (χ1v) is 11.1. The molecule has 0 aliphatic rings. The Labute approximate surface area is 191 Å². The molecule has 0 fully saturated rings. The van der Waals surface area contributed by atoms with E-state index >= 15 is 0 Å². The molecule has 1 unspecified atom stereocenters. The monoisotopic (exact) mass is 465 g/mol. The molecule has 1 amide bonds. The van der Waals surface area contributed by atoms with Gasteiger partial charge in [-0.2, -0.15) is 15.1 Å². The van der Waals surface area contributed by atoms with Gasteiger partial charge in [0.15, 0.2) is 5.82 Å². The number of hydrogen-bond acceptors (Lipinski definition) is 7. The number of rotatable bonds is 7. The number of nitrogens with two attached hydrogens (primary N) is 1. The summed E-state index contributed by atoms with van der Waals surface area (Å²) < 4.78 is 25.9. The number of carbonyl (C=O) groups excluding carboxylic acids is 1. The molecular formula is C22H20FN7O2S. The maximum absolute atomic E-state index is 13.2. The molecule has 0 spiro atoms. The van der Waals surface area contributed by atoms with Gasteiger partial charge in [0.05, 0.1) is 11.4 Å². The van der Waals surface area contributed by atoms with Crippen molar-refractivity contribution in [3.05, 3.63) is 83.4 Å². The zero-order valence-corrected chi connectivity index (χ0v) is 18.3. The number of hydrogen-bond donors (Lipinski definition) is 4. The zero-order chi connectivity index (χ0) is 23.4. The lowest BCUT2D eigenvalue weighted by molar-refractivity contribution is 0.102. The molecule has 9 nitrogen and oxygen atoms in total. The van der Waals surface area contributed by atoms with Crippen LogP contribution in [0, 0.1) is 12.7 Å². The van der Waals surface area contributed by atoms with Crippen LogP contribution in [-0.2, 0) is 16.9 Å². The van der Waals surface area contributed by atoms with Crippen molar-refractivity contribution in [3.8, 4) is 0 Å². The second-order valence-electron chi connectivity index (χ2n) is 7.16. The number of aromatic amines is 1. The summed E-state index contributed by atoms with van der Waals surface area (Å²) in [6, 6.07) is 13.9. The molecule has 5 N–H and O–H groups in total. The van der Waals surface area contributed by atoms with Gasteiger partial charge in [-0.15, -0.1) is 0 Å². The number of nitrogens with zero attached hydrogens (tertiary/aromatic N) is 3. The largest absolute Gasteiger partial charge is 0.609 e. The molecule has 1 atom stereocenters. The number of aryl methyl sites for hydroxylation is 1. The molecular weight excluding hydrogens is 445 g/mol. The molecule has 0 bridgehead atoms. The van der Waals surface area contributed by atoms with Gasteiger partial charge < -0.3 is 20.9 Å². The van der Waals surface area contributed by atoms with Crippen LogP contribution >= 0.6 is 0 Å². The Bertz CT molecular complexity index is 1280. The SMILES string of the molecule is Cc1cc(Nc2ccnc([S+]([O-])Cc3ccc(C(=O)Nc4ccc(F)cc4N)cc3)n2)n[nH]1. The van der Waals surface area contributed by atoms with Crippen molar-refractivity contribution in [2.75, 3.05) is 16.4 Å². The number of nitrogen functional groups attached to an aromatic ring is 1. The van der Waals surface area contributed by atoms with Gasteiger partial charge >= 0.3 is 5.16 Å². The average molecular weight is 466 g/mol. The van der Waals surface area contributed by atoms with Gasteiger partial charge in [-0.3, -0.25) is 9.89 Å². The molecule has 0 saturated heterocycles. The molecule has 168 valence electrons. The summed E-state index contributed by atoms with van der Waals surface area (Å²) in [5.74, 6) is 0.379. The number of aromatic nitrogens is 4. The van der Waals surface area contributed by atoms with Crippen LogP contribution in [0.2, 0.25) is 0 Å². The number of nitrogens with one attached hydrogen (secondary N) is 3. The van der Waals surface area contributed by atoms with Gasteiger partial charge in [0.25, 0.3) is 5.91 Å². The standard InChI is InChI=1S/C22H20FN7O2S/c1-13-10-20(30-29-13)27-19-8-9-25-22(28-19)33(32)12-14-2-4-15(5-3-14)21(31)26-18-7-6-16(23)11-17(18)24/h2-11H,12,24H2,1H3,(H,26,31)(H2,25,27,28,29,30). The molecule has 2 aromatic carbocycles. The zero-order valence-electron chi connectivity index (χ0n) is 17.5. The molecule has 0 aliphatic carbocycles. The minimum Gasteiger partial charge on any atom is -0.609 e. The number of anilines is 4. The van der Waals surface area contributed by atoms with Gasteiger partial charge in [0, 0.05) is 40.3 Å². The summed E-state index contributed by atoms with van der Waals surface area (Å²) in [6.07, 6.45) is 1.52. The molecule has 4 rings (SSSR count). The highest BCUT2D eigenvalue weighted by Gasteiger charge is 2.17. The van der Waals surface area contributed by atoms with Crippen LogP contribution < -0.4 is 16.4 Å². The predicted octanol–water partition coefficient (Wildman–Crippen LogP) is 3.53. The van der Waals surface area contributed by atoms with E-state index in [2.05, 4.69) is 30.8 Å². The summed E-state index contributed by atoms with van der Waals surface area (Å²) in [4.78, 5) is 20.8. The van der Waals surface area contributed by atoms with Crippen molar-refractivity contribution < 1.29 is 13.7 Å². The first kappa shape index (κ1) is 22.2. The quantitative estimate of drug-likeness (QED) is 0.186. The smallest absolute Gasteiger partial charge is 0.344 e. The van der Waals surface area contributed by atoms with Crippen LogP contribution in [0.15, 0.2) is 66.0 Å². The van der Waals surface area contributed by atoms with Crippen LogP contribution in [-0.4, -0.2) is 30.6 Å². The number of halogens is 1. The number of H-pyrrole nitrogens is 1. The third-order valence-electron chi connectivity index (χ3n) is 4.57. The molecule has 0 saturated carbocycles. The second-order valence-corrected chi connectivity index (χ2v) is 8.50. The maximum atomic E-state index is 13.2. The van der Waals surface area contributed by atoms with Crippen molar-refractivity contribution >= 4 is 40.1 Å². The van der Waals surface area contributed by atoms with Crippen LogP contribution in [0.4, 0.5) is 27.4 Å². The Morgan fingerprint density at radius 3 is 2.64 bits per heavy atom. The van der Waals surface area contributed by atoms with Crippen LogP contribution in [0.5, 0.6) is 0 Å². The number of benzene rings is 2. The summed E-state index contributed by atoms with van der Waals surface area (Å²) in [5, 5.41) is 12.8. The van der Waals surface area contributed by atoms with Gasteiger partial charge in [-0.05, 0) is 43.3 Å². The summed E-state index contributed by atoms with van der Waals surface area (Å²) in [7, 11) is 0. The first-order chi connectivity index (χ1) is 15.9. The third-order valence-corrected chi connectivity index (χ3v) is 5.77. The third kappa shape index (κ3) is 5.64. The minimum absolute atomic E-state index is 0.134. The highest BCUT2D eigenvalue weighted by atomic mass is 32.2. The highest BCUT2D eigenvalue weighted by Crippen LogP contribution is 2.21. The summed E-state index contributed by atoms with van der Waals surface area (Å²) in [5.41, 5.74) is 8.21. The van der Waals surface area contributed by atoms with E-state index in [1.165, 1.54) is 18.3 Å². The molecule has 11 heteroatoms. The molecule has 33 heavy (non-hydrogen) atoms. The fraction of sp³-hybridized carbons (Fsp3) is 0.0909. The number of carbonyl (C=O) groups is 1. The van der Waals surface area contributed by atoms with Gasteiger partial charge in [0.2, 0.25) is 0 Å². The highest BCUT2D eigenvalue weighted by molar-refractivity contribution is 7.90. The van der Waals surface area contributed by atoms with Crippen LogP contribution in [0.25, 0.3) is 0 Å². The lowest BCUT2D eigenvalue weighted by Crippen LogP contribution is -2.14. The van der Waals surface area contributed by atoms with E-state index in [1.54, 1.807) is 30.3 Å². The summed E-state index contributed by atoms with van der Waals surface area (Å²) in [6.45, 7) is 1.88. The Balaban J connectivity index is 1.39. The van der Waals surface area contributed by atoms with Crippen molar-refractivity contribution in [3.63, 3.8) is 0 Å². The van der Waals surface area contributed by atoms with Crippen molar-refractivity contribution in [1.29, 1.82) is 0 Å². The van der Waals surface area contributed by atoms with Crippen LogP contribution in [0.1, 0.15) is 21.6 Å². The van der Waals surface area contributed by atoms with E-state index in [-0.39, 0.29) is 16.6 Å². The minimum atomic E-state index is -1.49. The van der Waals surface area contributed by atoms with E-state index in [9.17, 15) is 13.7 Å². The molecule has 2 heterocycles. The molecule has 0 radical (unpaired) electrons. The Morgan fingerprint density at radius 2 is 1.94 bits per heavy atom. The van der Waals surface area contributed by atoms with E-state index in [1.807, 2.05) is 13.0 Å². The first-order valence-electron chi connectivity index (χ1n) is 9.83. The van der Waals surface area contributed by atoms with Gasteiger partial charge in [-0.1, -0.05) is 12.1 Å². The average Bonchev–Trinajstić information content (AvgIpc) is 3.20. The molecule has 0 aliphatic heterocycles. The Hall–Kier alpha value is -3.96.